The van der Waals surface area contributed by atoms with Gasteiger partial charge >= 0.3 is 0 Å². The number of nitriles is 1. The number of ether oxygens (including phenoxy) is 3. The highest BCUT2D eigenvalue weighted by atomic mass is 35.5. The largest absolute Gasteiger partial charge is 0.489 e. The van der Waals surface area contributed by atoms with Crippen molar-refractivity contribution in [3.8, 4) is 28.7 Å². The van der Waals surface area contributed by atoms with Gasteiger partial charge in [0.25, 0.3) is 11.5 Å². The van der Waals surface area contributed by atoms with Gasteiger partial charge in [0.2, 0.25) is 5.95 Å². The summed E-state index contributed by atoms with van der Waals surface area (Å²) in [6.45, 7) is 13.4. The van der Waals surface area contributed by atoms with Crippen LogP contribution in [0.1, 0.15) is 95.1 Å². The first-order chi connectivity index (χ1) is 29.9. The van der Waals surface area contributed by atoms with Crippen molar-refractivity contribution < 1.29 is 24.1 Å². The molecule has 3 aliphatic carbocycles. The molecule has 4 unspecified atom stereocenters. The van der Waals surface area contributed by atoms with Gasteiger partial charge in [0, 0.05) is 84.4 Å². The normalized spacial score (nSPS) is 25.1. The second-order valence-corrected chi connectivity index (χ2v) is 20.2. The maximum Gasteiger partial charge on any atom is 0.274 e. The topological polar surface area (TPSA) is 168 Å². The van der Waals surface area contributed by atoms with Crippen LogP contribution in [-0.2, 0) is 17.4 Å². The van der Waals surface area contributed by atoms with Gasteiger partial charge in [-0.3, -0.25) is 9.59 Å². The van der Waals surface area contributed by atoms with E-state index in [1.165, 1.54) is 0 Å². The number of aromatic nitrogens is 4. The Morgan fingerprint density at radius 3 is 2.32 bits per heavy atom. The number of nitrogens with one attached hydrogen (secondary N) is 2. The highest BCUT2D eigenvalue weighted by molar-refractivity contribution is 6.31. The first-order valence-corrected chi connectivity index (χ1v) is 22.4. The molecule has 3 saturated carbocycles. The van der Waals surface area contributed by atoms with E-state index in [2.05, 4.69) is 58.9 Å². The molecule has 4 fully saturated rings. The number of pyridine rings is 1. The Hall–Kier alpha value is -5.42. The molecule has 1 aliphatic heterocycles. The standard InChI is InChI=1S/C49H56ClN7O6/c1-47(2)44(48(3,4)45(47)62-33-10-8-27(23-51)37(50)22-33)55-42(58)30-24-53-46(54-25-30)57-16-13-32(14-17-57)61-39-19-29-18-28(39)20-40(29)63-38-11-9-31(49(5,6)60)21-35(38)36-26-56(7)43(59)41-34(36)12-15-52-41/h8-12,15,21-22,24-26,28-29,32,39-40,44-45,52,60H,13-14,16-20H2,1-7H3,(H,55,58). The SMILES string of the molecule is Cn1cc(-c2cc(C(C)(C)O)ccc2OC2CC3CC2CC3OC2CCN(c3ncc(C(=O)NC4C(C)(C)C(Oc5ccc(C#N)c(Cl)c5)C4(C)C)cn3)CC2)c2cc[nH]c2c1=O. The maximum atomic E-state index is 13.5. The molecular formula is C49H56ClN7O6. The van der Waals surface area contributed by atoms with Crippen LogP contribution in [0.3, 0.4) is 0 Å². The van der Waals surface area contributed by atoms with Crippen LogP contribution in [0, 0.1) is 34.0 Å². The number of H-pyrrole nitrogens is 1. The number of amides is 1. The van der Waals surface area contributed by atoms with Gasteiger partial charge in [0.15, 0.2) is 0 Å². The van der Waals surface area contributed by atoms with Crippen molar-refractivity contribution in [2.45, 2.75) is 110 Å². The van der Waals surface area contributed by atoms with Crippen LogP contribution in [0.4, 0.5) is 5.95 Å². The number of benzene rings is 2. The molecule has 0 spiro atoms. The lowest BCUT2D eigenvalue weighted by Crippen LogP contribution is -2.74. The second kappa shape index (κ2) is 16.0. The lowest BCUT2D eigenvalue weighted by atomic mass is 9.49. The maximum absolute atomic E-state index is 13.5. The molecule has 14 heteroatoms. The third-order valence-corrected chi connectivity index (χ3v) is 14.6. The van der Waals surface area contributed by atoms with Crippen molar-refractivity contribution >= 4 is 34.4 Å². The summed E-state index contributed by atoms with van der Waals surface area (Å²) in [5.74, 6) is 2.51. The van der Waals surface area contributed by atoms with E-state index < -0.39 is 5.60 Å². The van der Waals surface area contributed by atoms with Crippen LogP contribution >= 0.6 is 11.6 Å². The number of hydrogen-bond donors (Lipinski definition) is 3. The Bertz CT molecular complexity index is 2640. The molecule has 1 amide bonds. The number of halogens is 1. The molecule has 4 atom stereocenters. The predicted molar refractivity (Wildman–Crippen MR) is 241 cm³/mol. The first-order valence-electron chi connectivity index (χ1n) is 22.0. The molecule has 4 aliphatic rings. The number of carbonyl (C=O) groups excluding carboxylic acids is 1. The van der Waals surface area contributed by atoms with Crippen molar-refractivity contribution in [2.75, 3.05) is 18.0 Å². The van der Waals surface area contributed by atoms with Crippen molar-refractivity contribution in [1.29, 1.82) is 5.26 Å². The monoisotopic (exact) mass is 873 g/mol. The van der Waals surface area contributed by atoms with Crippen LogP contribution in [-0.4, -0.2) is 74.1 Å². The summed E-state index contributed by atoms with van der Waals surface area (Å²) >= 11 is 6.26. The molecule has 9 rings (SSSR count). The number of anilines is 1. The third-order valence-electron chi connectivity index (χ3n) is 14.3. The predicted octanol–water partition coefficient (Wildman–Crippen LogP) is 7.92. The van der Waals surface area contributed by atoms with E-state index in [1.54, 1.807) is 62.3 Å². The summed E-state index contributed by atoms with van der Waals surface area (Å²) in [6.07, 6.45) is 11.7. The number of hydrogen-bond acceptors (Lipinski definition) is 10. The fourth-order valence-corrected chi connectivity index (χ4v) is 11.4. The molecule has 2 aromatic carbocycles. The zero-order chi connectivity index (χ0) is 44.6. The number of piperidine rings is 1. The molecular weight excluding hydrogens is 818 g/mol. The average molecular weight is 874 g/mol. The summed E-state index contributed by atoms with van der Waals surface area (Å²) in [5.41, 5.74) is 1.92. The van der Waals surface area contributed by atoms with E-state index in [0.29, 0.717) is 45.2 Å². The van der Waals surface area contributed by atoms with Crippen LogP contribution in [0.15, 0.2) is 72.0 Å². The molecule has 2 bridgehead atoms. The molecule has 3 aromatic heterocycles. The van der Waals surface area contributed by atoms with E-state index in [0.717, 1.165) is 73.0 Å². The molecule has 3 N–H and O–H groups in total. The Labute approximate surface area is 372 Å². The minimum atomic E-state index is -1.05. The van der Waals surface area contributed by atoms with Gasteiger partial charge in [-0.05, 0) is 93.7 Å². The van der Waals surface area contributed by atoms with E-state index in [9.17, 15) is 20.0 Å². The molecule has 5 aromatic rings. The molecule has 1 saturated heterocycles. The van der Waals surface area contributed by atoms with Gasteiger partial charge in [0.1, 0.15) is 35.3 Å². The lowest BCUT2D eigenvalue weighted by Gasteiger charge is -2.63. The number of rotatable bonds is 11. The molecule has 330 valence electrons. The van der Waals surface area contributed by atoms with Crippen molar-refractivity contribution in [2.24, 2.45) is 29.7 Å². The van der Waals surface area contributed by atoms with Crippen LogP contribution in [0.2, 0.25) is 5.02 Å². The number of nitrogens with zero attached hydrogens (tertiary/aromatic N) is 5. The van der Waals surface area contributed by atoms with Gasteiger partial charge in [-0.1, -0.05) is 45.4 Å². The number of aromatic amines is 1. The van der Waals surface area contributed by atoms with Crippen LogP contribution in [0.5, 0.6) is 11.5 Å². The van der Waals surface area contributed by atoms with E-state index in [1.807, 2.05) is 30.5 Å². The van der Waals surface area contributed by atoms with Crippen molar-refractivity contribution in [3.63, 3.8) is 0 Å². The van der Waals surface area contributed by atoms with Gasteiger partial charge in [-0.15, -0.1) is 0 Å². The minimum Gasteiger partial charge on any atom is -0.489 e. The molecule has 63 heavy (non-hydrogen) atoms. The van der Waals surface area contributed by atoms with E-state index in [4.69, 9.17) is 25.8 Å². The zero-order valence-electron chi connectivity index (χ0n) is 36.9. The van der Waals surface area contributed by atoms with Gasteiger partial charge in [-0.25, -0.2) is 9.97 Å². The molecule has 4 heterocycles. The molecule has 13 nitrogen and oxygen atoms in total. The fraction of sp³-hybridized carbons (Fsp3) is 0.490. The minimum absolute atomic E-state index is 0.0534. The summed E-state index contributed by atoms with van der Waals surface area (Å²) < 4.78 is 21.6. The average Bonchev–Trinajstić information content (AvgIpc) is 4.01. The van der Waals surface area contributed by atoms with Crippen LogP contribution < -0.4 is 25.2 Å². The highest BCUT2D eigenvalue weighted by Gasteiger charge is 2.64. The Morgan fingerprint density at radius 2 is 1.67 bits per heavy atom. The summed E-state index contributed by atoms with van der Waals surface area (Å²) in [5, 5.41) is 24.5. The number of carbonyl (C=O) groups is 1. The number of aliphatic hydroxyl groups is 1. The summed E-state index contributed by atoms with van der Waals surface area (Å²) in [4.78, 5) is 40.9. The number of aryl methyl sites for hydroxylation is 1. The van der Waals surface area contributed by atoms with Crippen molar-refractivity contribution in [1.82, 2.24) is 24.8 Å². The van der Waals surface area contributed by atoms with Gasteiger partial charge in [0.05, 0.1) is 34.0 Å². The smallest absolute Gasteiger partial charge is 0.274 e. The Balaban J connectivity index is 0.774. The summed E-state index contributed by atoms with van der Waals surface area (Å²) in [7, 11) is 1.75. The quantitative estimate of drug-likeness (QED) is 0.119. The third kappa shape index (κ3) is 7.84. The van der Waals surface area contributed by atoms with E-state index >= 15 is 0 Å². The Kier molecular flexibility index (Phi) is 10.9. The van der Waals surface area contributed by atoms with Crippen molar-refractivity contribution in [3.05, 3.63) is 99.3 Å². The lowest BCUT2D eigenvalue weighted by molar-refractivity contribution is -0.164. The van der Waals surface area contributed by atoms with E-state index in [-0.39, 0.29) is 52.8 Å². The van der Waals surface area contributed by atoms with Gasteiger partial charge in [-0.2, -0.15) is 5.26 Å². The van der Waals surface area contributed by atoms with Gasteiger partial charge < -0.3 is 39.1 Å². The van der Waals surface area contributed by atoms with Crippen LogP contribution in [0.25, 0.3) is 22.0 Å². The number of fused-ring (bicyclic) bond motifs is 3. The summed E-state index contributed by atoms with van der Waals surface area (Å²) in [6, 6.07) is 14.8. The zero-order valence-corrected chi connectivity index (χ0v) is 37.7. The second-order valence-electron chi connectivity index (χ2n) is 19.8. The first kappa shape index (κ1) is 42.9. The fourth-order valence-electron chi connectivity index (χ4n) is 11.2. The Morgan fingerprint density at radius 1 is 0.968 bits per heavy atom. The molecule has 0 radical (unpaired) electrons. The highest BCUT2D eigenvalue weighted by Crippen LogP contribution is 2.56.